The second-order valence-corrected chi connectivity index (χ2v) is 13.2. The molecule has 8 aromatic carbocycles. The van der Waals surface area contributed by atoms with Gasteiger partial charge in [-0.15, -0.1) is 0 Å². The maximum Gasteiger partial charge on any atom is 0.160 e. The van der Waals surface area contributed by atoms with Crippen LogP contribution < -0.4 is 0 Å². The lowest BCUT2D eigenvalue weighted by atomic mass is 9.97. The molecule has 0 saturated heterocycles. The average molecular weight is 679 g/mol. The minimum atomic E-state index is 0.612. The average Bonchev–Trinajstić information content (AvgIpc) is 3.24. The topological polar surface area (TPSA) is 24.7 Å². The number of benzene rings is 8. The van der Waals surface area contributed by atoms with Crippen molar-refractivity contribution in [3.8, 4) is 44.5 Å². The Bertz CT molecular complexity index is 2620. The van der Waals surface area contributed by atoms with Crippen LogP contribution in [0.5, 0.6) is 0 Å². The van der Waals surface area contributed by atoms with Crippen molar-refractivity contribution in [1.29, 1.82) is 0 Å². The molecule has 0 amide bonds. The Kier molecular flexibility index (Phi) is 9.50. The van der Waals surface area contributed by atoms with Gasteiger partial charge in [0, 0.05) is 16.8 Å². The maximum absolute atomic E-state index is 5.20. The van der Waals surface area contributed by atoms with Crippen LogP contribution in [0.1, 0.15) is 23.6 Å². The molecule has 0 heterocycles. The second kappa shape index (κ2) is 15.1. The van der Waals surface area contributed by atoms with Crippen molar-refractivity contribution in [2.75, 3.05) is 0 Å². The van der Waals surface area contributed by atoms with Gasteiger partial charge in [0.2, 0.25) is 0 Å². The Morgan fingerprint density at radius 3 is 1.25 bits per heavy atom. The fourth-order valence-corrected chi connectivity index (χ4v) is 6.71. The van der Waals surface area contributed by atoms with Crippen LogP contribution in [0.15, 0.2) is 217 Å². The van der Waals surface area contributed by atoms with E-state index >= 15 is 0 Å². The monoisotopic (exact) mass is 678 g/mol. The van der Waals surface area contributed by atoms with Crippen LogP contribution in [0.4, 0.5) is 0 Å². The zero-order valence-electron chi connectivity index (χ0n) is 29.7. The molecule has 0 N–H and O–H groups in total. The maximum atomic E-state index is 5.20. The van der Waals surface area contributed by atoms with Gasteiger partial charge in [0.1, 0.15) is 0 Å². The lowest BCUT2D eigenvalue weighted by molar-refractivity contribution is 1.44. The summed E-state index contributed by atoms with van der Waals surface area (Å²) in [4.78, 5) is 10.4. The quantitative estimate of drug-likeness (QED) is 0.113. The molecule has 0 spiro atoms. The van der Waals surface area contributed by atoms with Crippen LogP contribution in [-0.2, 0) is 0 Å². The SMILES string of the molecule is C=C(/N=C(\N=C(/C)c1cccc(-c2ccccc2)c1)c1cccc(-c2ccccc2)c1)c1cccc(-c2ccc3cc(-c4ccccc4)ccc3c2)c1. The number of amidine groups is 1. The molecular formula is C51H38N2. The summed E-state index contributed by atoms with van der Waals surface area (Å²) in [6, 6.07) is 70.1. The summed E-state index contributed by atoms with van der Waals surface area (Å²) in [6.07, 6.45) is 0. The molecule has 8 rings (SSSR count). The summed E-state index contributed by atoms with van der Waals surface area (Å²) in [5, 5.41) is 2.41. The number of hydrogen-bond donors (Lipinski definition) is 0. The molecule has 0 unspecified atom stereocenters. The van der Waals surface area contributed by atoms with Crippen molar-refractivity contribution in [2.45, 2.75) is 6.92 Å². The van der Waals surface area contributed by atoms with E-state index in [4.69, 9.17) is 9.98 Å². The van der Waals surface area contributed by atoms with Gasteiger partial charge in [0.25, 0.3) is 0 Å². The third-order valence-corrected chi connectivity index (χ3v) is 9.61. The normalized spacial score (nSPS) is 11.8. The minimum absolute atomic E-state index is 0.612. The Labute approximate surface area is 311 Å². The number of rotatable bonds is 8. The highest BCUT2D eigenvalue weighted by Gasteiger charge is 2.11. The summed E-state index contributed by atoms with van der Waals surface area (Å²) < 4.78 is 0. The first-order chi connectivity index (χ1) is 26.1. The van der Waals surface area contributed by atoms with Gasteiger partial charge in [-0.25, -0.2) is 9.98 Å². The third-order valence-electron chi connectivity index (χ3n) is 9.61. The smallest absolute Gasteiger partial charge is 0.160 e. The van der Waals surface area contributed by atoms with E-state index in [0.29, 0.717) is 11.5 Å². The van der Waals surface area contributed by atoms with Crippen molar-refractivity contribution in [3.63, 3.8) is 0 Å². The lowest BCUT2D eigenvalue weighted by Crippen LogP contribution is -2.05. The number of aliphatic imine (C=N–C) groups is 2. The van der Waals surface area contributed by atoms with E-state index in [1.807, 2.05) is 19.1 Å². The fourth-order valence-electron chi connectivity index (χ4n) is 6.71. The highest BCUT2D eigenvalue weighted by atomic mass is 14.9. The minimum Gasteiger partial charge on any atom is -0.233 e. The molecule has 0 radical (unpaired) electrons. The van der Waals surface area contributed by atoms with E-state index in [0.717, 1.165) is 50.2 Å². The van der Waals surface area contributed by atoms with Crippen molar-refractivity contribution in [1.82, 2.24) is 0 Å². The molecule has 0 aromatic heterocycles. The molecule has 8 aromatic rings. The molecule has 252 valence electrons. The Morgan fingerprint density at radius 2 is 0.717 bits per heavy atom. The van der Waals surface area contributed by atoms with E-state index in [1.165, 1.54) is 27.5 Å². The molecule has 0 aliphatic carbocycles. The van der Waals surface area contributed by atoms with Gasteiger partial charge in [-0.1, -0.05) is 176 Å². The summed E-state index contributed by atoms with van der Waals surface area (Å²) >= 11 is 0. The summed E-state index contributed by atoms with van der Waals surface area (Å²) in [5.41, 5.74) is 13.7. The van der Waals surface area contributed by atoms with Crippen LogP contribution in [-0.4, -0.2) is 11.5 Å². The number of hydrogen-bond acceptors (Lipinski definition) is 1. The zero-order valence-corrected chi connectivity index (χ0v) is 29.7. The first kappa shape index (κ1) is 33.3. The summed E-state index contributed by atoms with van der Waals surface area (Å²) in [5.74, 6) is 0.612. The predicted molar refractivity (Wildman–Crippen MR) is 226 cm³/mol. The Balaban J connectivity index is 1.15. The molecule has 53 heavy (non-hydrogen) atoms. The van der Waals surface area contributed by atoms with Gasteiger partial charge in [0.15, 0.2) is 5.84 Å². The van der Waals surface area contributed by atoms with Crippen LogP contribution in [0, 0.1) is 0 Å². The fraction of sp³-hybridized carbons (Fsp3) is 0.0196. The Morgan fingerprint density at radius 1 is 0.340 bits per heavy atom. The molecule has 0 aliphatic heterocycles. The lowest BCUT2D eigenvalue weighted by Gasteiger charge is -2.11. The van der Waals surface area contributed by atoms with E-state index in [1.54, 1.807) is 0 Å². The van der Waals surface area contributed by atoms with Crippen LogP contribution in [0.25, 0.3) is 61.0 Å². The Hall–Kier alpha value is -6.90. The highest BCUT2D eigenvalue weighted by Crippen LogP contribution is 2.31. The van der Waals surface area contributed by atoms with E-state index in [2.05, 4.69) is 195 Å². The third kappa shape index (κ3) is 7.58. The van der Waals surface area contributed by atoms with Crippen molar-refractivity contribution in [2.24, 2.45) is 9.98 Å². The zero-order chi connectivity index (χ0) is 36.0. The van der Waals surface area contributed by atoms with Crippen LogP contribution in [0.3, 0.4) is 0 Å². The van der Waals surface area contributed by atoms with Gasteiger partial charge < -0.3 is 0 Å². The largest absolute Gasteiger partial charge is 0.233 e. The number of fused-ring (bicyclic) bond motifs is 1. The van der Waals surface area contributed by atoms with Crippen LogP contribution in [0.2, 0.25) is 0 Å². The molecular weight excluding hydrogens is 641 g/mol. The molecule has 2 nitrogen and oxygen atoms in total. The number of nitrogens with zero attached hydrogens (tertiary/aromatic N) is 2. The van der Waals surface area contributed by atoms with Gasteiger partial charge in [0.05, 0.1) is 5.70 Å². The van der Waals surface area contributed by atoms with E-state index in [-0.39, 0.29) is 0 Å². The van der Waals surface area contributed by atoms with E-state index in [9.17, 15) is 0 Å². The first-order valence-corrected chi connectivity index (χ1v) is 17.9. The summed E-state index contributed by atoms with van der Waals surface area (Å²) in [7, 11) is 0. The molecule has 0 aliphatic rings. The molecule has 0 atom stereocenters. The van der Waals surface area contributed by atoms with Crippen LogP contribution >= 0.6 is 0 Å². The second-order valence-electron chi connectivity index (χ2n) is 13.2. The molecule has 0 saturated carbocycles. The summed E-state index contributed by atoms with van der Waals surface area (Å²) in [6.45, 7) is 6.52. The highest BCUT2D eigenvalue weighted by molar-refractivity contribution is 6.13. The van der Waals surface area contributed by atoms with Crippen molar-refractivity contribution >= 4 is 28.0 Å². The first-order valence-electron chi connectivity index (χ1n) is 17.9. The predicted octanol–water partition coefficient (Wildman–Crippen LogP) is 13.4. The van der Waals surface area contributed by atoms with Gasteiger partial charge in [-0.2, -0.15) is 0 Å². The van der Waals surface area contributed by atoms with E-state index < -0.39 is 0 Å². The van der Waals surface area contributed by atoms with Crippen molar-refractivity contribution in [3.05, 3.63) is 223 Å². The van der Waals surface area contributed by atoms with Gasteiger partial charge >= 0.3 is 0 Å². The molecule has 0 bridgehead atoms. The molecule has 2 heteroatoms. The van der Waals surface area contributed by atoms with Gasteiger partial charge in [-0.05, 0) is 98.1 Å². The molecule has 0 fully saturated rings. The van der Waals surface area contributed by atoms with Gasteiger partial charge in [-0.3, -0.25) is 0 Å². The standard InChI is InChI=1S/C51H38N2/c1-36(41-21-12-23-43(31-41)38-15-6-3-7-16-38)52-51(50-26-14-24-44(35-50)39-17-8-4-9-18-39)53-37(2)42-22-13-25-45(32-42)47-29-30-48-33-46(27-28-49(48)34-47)40-19-10-5-11-20-40/h3-35H,2H2,1H3/b52-36+,53-51-. The van der Waals surface area contributed by atoms with Crippen molar-refractivity contribution < 1.29 is 0 Å².